The first-order valence-corrected chi connectivity index (χ1v) is 15.3. The number of anilines is 1. The fraction of sp³-hybridized carbons (Fsp3) is 0.371. The molecule has 2 saturated heterocycles. The van der Waals surface area contributed by atoms with Gasteiger partial charge in [-0.3, -0.25) is 24.1 Å². The molecule has 1 N–H and O–H groups in total. The molecule has 2 heterocycles. The van der Waals surface area contributed by atoms with Gasteiger partial charge in [0.2, 0.25) is 23.6 Å². The van der Waals surface area contributed by atoms with Gasteiger partial charge < -0.3 is 5.11 Å². The lowest BCUT2D eigenvalue weighted by Crippen LogP contribution is -2.49. The molecule has 2 aliphatic heterocycles. The molecule has 0 bridgehead atoms. The maximum absolute atomic E-state index is 14.6. The van der Waals surface area contributed by atoms with Gasteiger partial charge in [0.25, 0.3) is 0 Å². The summed E-state index contributed by atoms with van der Waals surface area (Å²) < 4.78 is 14.1. The molecule has 226 valence electrons. The Morgan fingerprint density at radius 1 is 0.955 bits per heavy atom. The maximum atomic E-state index is 14.6. The van der Waals surface area contributed by atoms with E-state index >= 15 is 0 Å². The zero-order valence-corrected chi connectivity index (χ0v) is 25.6. The van der Waals surface area contributed by atoms with Crippen molar-refractivity contribution in [3.05, 3.63) is 82.6 Å². The summed E-state index contributed by atoms with van der Waals surface area (Å²) in [6, 6.07) is 14.8. The third-order valence-corrected chi connectivity index (χ3v) is 10.6. The molecule has 3 aromatic carbocycles. The van der Waals surface area contributed by atoms with Gasteiger partial charge in [-0.2, -0.15) is 0 Å². The van der Waals surface area contributed by atoms with Crippen LogP contribution in [0.3, 0.4) is 0 Å². The van der Waals surface area contributed by atoms with Crippen LogP contribution in [0, 0.1) is 34.9 Å². The highest BCUT2D eigenvalue weighted by Gasteiger charge is 2.68. The molecule has 6 unspecified atom stereocenters. The maximum Gasteiger partial charge on any atom is 0.241 e. The highest BCUT2D eigenvalue weighted by molar-refractivity contribution is 6.31. The fourth-order valence-corrected chi connectivity index (χ4v) is 8.57. The van der Waals surface area contributed by atoms with Crippen molar-refractivity contribution >= 4 is 51.7 Å². The topological polar surface area (TPSA) is 95.0 Å². The zero-order valence-electron chi connectivity index (χ0n) is 24.8. The van der Waals surface area contributed by atoms with Crippen LogP contribution in [-0.2, 0) is 19.2 Å². The summed E-state index contributed by atoms with van der Waals surface area (Å²) in [7, 11) is 0. The Bertz CT molecular complexity index is 1850. The van der Waals surface area contributed by atoms with Gasteiger partial charge in [0.1, 0.15) is 11.6 Å². The lowest BCUT2D eigenvalue weighted by Gasteiger charge is -2.49. The van der Waals surface area contributed by atoms with E-state index in [-0.39, 0.29) is 34.7 Å². The third-order valence-electron chi connectivity index (χ3n) is 10.3. The van der Waals surface area contributed by atoms with E-state index in [0.29, 0.717) is 17.4 Å². The number of fused-ring (bicyclic) bond motifs is 5. The number of nitrogens with zero attached hydrogens (tertiary/aromatic N) is 2. The van der Waals surface area contributed by atoms with Crippen molar-refractivity contribution < 1.29 is 28.7 Å². The summed E-state index contributed by atoms with van der Waals surface area (Å²) in [5.74, 6) is -5.51. The predicted octanol–water partition coefficient (Wildman–Crippen LogP) is 6.37. The summed E-state index contributed by atoms with van der Waals surface area (Å²) in [4.78, 5) is 58.9. The first-order valence-electron chi connectivity index (χ1n) is 14.9. The van der Waals surface area contributed by atoms with Gasteiger partial charge in [-0.25, -0.2) is 9.29 Å². The SMILES string of the molecule is CC12C(=O)N(c3ccc(F)c(Cl)c3)C(=O)C1CC1C(=CCC3C(=O)N(C(C)(C)C)C(=O)C31)C2c1ccc2ccccc2c1O. The van der Waals surface area contributed by atoms with Gasteiger partial charge in [0, 0.05) is 22.4 Å². The number of hydrogen-bond donors (Lipinski definition) is 1. The minimum absolute atomic E-state index is 0.00502. The van der Waals surface area contributed by atoms with Crippen molar-refractivity contribution in [1.82, 2.24) is 4.90 Å². The molecule has 4 aliphatic rings. The van der Waals surface area contributed by atoms with Crippen LogP contribution in [0.1, 0.15) is 52.0 Å². The molecule has 9 heteroatoms. The molecular formula is C35H32ClFN2O5. The predicted molar refractivity (Wildman–Crippen MR) is 163 cm³/mol. The molecule has 3 fully saturated rings. The molecule has 0 radical (unpaired) electrons. The first-order chi connectivity index (χ1) is 20.8. The van der Waals surface area contributed by atoms with Gasteiger partial charge in [0.05, 0.1) is 33.9 Å². The van der Waals surface area contributed by atoms with Crippen molar-refractivity contribution in [2.45, 2.75) is 52.0 Å². The van der Waals surface area contributed by atoms with Crippen molar-refractivity contribution in [2.24, 2.45) is 29.1 Å². The number of halogens is 2. The van der Waals surface area contributed by atoms with Crippen LogP contribution in [0.4, 0.5) is 10.1 Å². The summed E-state index contributed by atoms with van der Waals surface area (Å²) in [5, 5.41) is 12.9. The second-order valence-corrected chi connectivity index (χ2v) is 14.1. The minimum atomic E-state index is -1.34. The first kappa shape index (κ1) is 28.7. The highest BCUT2D eigenvalue weighted by Crippen LogP contribution is 2.65. The lowest BCUT2D eigenvalue weighted by atomic mass is 9.51. The Labute approximate surface area is 259 Å². The van der Waals surface area contributed by atoms with Gasteiger partial charge in [-0.15, -0.1) is 0 Å². The van der Waals surface area contributed by atoms with Crippen LogP contribution >= 0.6 is 11.6 Å². The molecule has 4 amide bonds. The van der Waals surface area contributed by atoms with Gasteiger partial charge in [-0.05, 0) is 70.0 Å². The molecule has 7 nitrogen and oxygen atoms in total. The number of carbonyl (C=O) groups is 4. The van der Waals surface area contributed by atoms with Gasteiger partial charge in [0.15, 0.2) is 0 Å². The molecule has 6 atom stereocenters. The normalized spacial score (nSPS) is 30.0. The van der Waals surface area contributed by atoms with E-state index in [4.69, 9.17) is 11.6 Å². The highest BCUT2D eigenvalue weighted by atomic mass is 35.5. The molecule has 0 spiro atoms. The minimum Gasteiger partial charge on any atom is -0.507 e. The number of aromatic hydroxyl groups is 1. The fourth-order valence-electron chi connectivity index (χ4n) is 8.40. The molecule has 44 heavy (non-hydrogen) atoms. The number of hydrogen-bond acceptors (Lipinski definition) is 5. The van der Waals surface area contributed by atoms with E-state index in [1.54, 1.807) is 19.1 Å². The van der Waals surface area contributed by atoms with E-state index in [0.717, 1.165) is 21.9 Å². The second-order valence-electron chi connectivity index (χ2n) is 13.7. The van der Waals surface area contributed by atoms with Gasteiger partial charge in [-0.1, -0.05) is 59.6 Å². The average Bonchev–Trinajstić information content (AvgIpc) is 3.35. The van der Waals surface area contributed by atoms with Crippen LogP contribution in [0.15, 0.2) is 66.2 Å². The third kappa shape index (κ3) is 3.73. The molecule has 2 aliphatic carbocycles. The van der Waals surface area contributed by atoms with E-state index < -0.39 is 58.2 Å². The summed E-state index contributed by atoms with van der Waals surface area (Å²) in [6.45, 7) is 7.22. The Morgan fingerprint density at radius 3 is 2.39 bits per heavy atom. The van der Waals surface area contributed by atoms with Crippen LogP contribution in [0.2, 0.25) is 5.02 Å². The van der Waals surface area contributed by atoms with Crippen molar-refractivity contribution in [3.8, 4) is 5.75 Å². The van der Waals surface area contributed by atoms with Crippen molar-refractivity contribution in [1.29, 1.82) is 0 Å². The summed E-state index contributed by atoms with van der Waals surface area (Å²) >= 11 is 6.08. The molecule has 1 saturated carbocycles. The number of phenolic OH excluding ortho intramolecular Hbond substituents is 1. The lowest BCUT2D eigenvalue weighted by molar-refractivity contribution is -0.145. The number of phenols is 1. The average molecular weight is 615 g/mol. The zero-order chi connectivity index (χ0) is 31.5. The van der Waals surface area contributed by atoms with Crippen molar-refractivity contribution in [2.75, 3.05) is 4.90 Å². The largest absolute Gasteiger partial charge is 0.507 e. The Kier molecular flexibility index (Phi) is 6.19. The molecule has 7 rings (SSSR count). The quantitative estimate of drug-likeness (QED) is 0.267. The summed E-state index contributed by atoms with van der Waals surface area (Å²) in [5.41, 5.74) is -0.641. The number of benzene rings is 3. The van der Waals surface area contributed by atoms with Crippen LogP contribution in [0.25, 0.3) is 10.8 Å². The number of likely N-dealkylation sites (tertiary alicyclic amines) is 1. The molecule has 0 aromatic heterocycles. The number of rotatable bonds is 2. The standard InChI is InChI=1S/C35H32ClFN2O5/c1-34(2,3)39-30(41)21-13-12-20-23(27(21)32(39)43)16-24-31(42)38(18-10-14-26(37)25(36)15-18)33(44)35(24,4)28(20)22-11-9-17-7-5-6-8-19(17)29(22)40/h5-12,14-15,21,23-24,27-28,40H,13,16H2,1-4H3. The van der Waals surface area contributed by atoms with Crippen molar-refractivity contribution in [3.63, 3.8) is 0 Å². The van der Waals surface area contributed by atoms with Crippen LogP contribution in [0.5, 0.6) is 5.75 Å². The van der Waals surface area contributed by atoms with Crippen LogP contribution in [-0.4, -0.2) is 39.2 Å². The number of amides is 4. The number of imide groups is 2. The van der Waals surface area contributed by atoms with Gasteiger partial charge >= 0.3 is 0 Å². The van der Waals surface area contributed by atoms with E-state index in [1.807, 2.05) is 51.1 Å². The Morgan fingerprint density at radius 2 is 1.68 bits per heavy atom. The number of allylic oxidation sites excluding steroid dienone is 2. The number of carbonyl (C=O) groups excluding carboxylic acids is 4. The monoisotopic (exact) mass is 614 g/mol. The molecular weight excluding hydrogens is 583 g/mol. The Balaban J connectivity index is 1.44. The van der Waals surface area contributed by atoms with E-state index in [2.05, 4.69) is 0 Å². The smallest absolute Gasteiger partial charge is 0.241 e. The summed E-state index contributed by atoms with van der Waals surface area (Å²) in [6.07, 6.45) is 2.46. The van der Waals surface area contributed by atoms with Crippen LogP contribution < -0.4 is 4.90 Å². The second kappa shape index (κ2) is 9.48. The van der Waals surface area contributed by atoms with E-state index in [9.17, 15) is 28.7 Å². The molecule has 3 aromatic rings. The van der Waals surface area contributed by atoms with E-state index in [1.165, 1.54) is 17.0 Å². The Hall–Kier alpha value is -4.04.